The van der Waals surface area contributed by atoms with Crippen LogP contribution in [0.15, 0.2) is 48.5 Å². The number of amides is 1. The number of benzene rings is 2. The van der Waals surface area contributed by atoms with E-state index in [9.17, 15) is 14.7 Å². The van der Waals surface area contributed by atoms with Crippen LogP contribution >= 0.6 is 0 Å². The third-order valence-corrected chi connectivity index (χ3v) is 3.28. The van der Waals surface area contributed by atoms with Gasteiger partial charge in [-0.05, 0) is 37.6 Å². The van der Waals surface area contributed by atoms with Gasteiger partial charge in [-0.1, -0.05) is 42.2 Å². The molecule has 0 aliphatic carbocycles. The average Bonchev–Trinajstić information content (AvgIpc) is 2.58. The lowest BCUT2D eigenvalue weighted by atomic mass is 10.1. The number of aliphatic hydroxyl groups is 1. The van der Waals surface area contributed by atoms with Crippen molar-refractivity contribution in [1.29, 1.82) is 0 Å². The maximum atomic E-state index is 12.3. The minimum absolute atomic E-state index is 0.164. The number of anilines is 1. The Morgan fingerprint density at radius 3 is 2.46 bits per heavy atom. The lowest BCUT2D eigenvalue weighted by Gasteiger charge is -2.10. The van der Waals surface area contributed by atoms with E-state index in [0.29, 0.717) is 16.8 Å². The summed E-state index contributed by atoms with van der Waals surface area (Å²) >= 11 is 0. The van der Waals surface area contributed by atoms with E-state index < -0.39 is 11.6 Å². The predicted octanol–water partition coefficient (Wildman–Crippen LogP) is 3.12. The van der Waals surface area contributed by atoms with Crippen LogP contribution in [0.1, 0.15) is 42.3 Å². The summed E-state index contributed by atoms with van der Waals surface area (Å²) < 4.78 is 5.31. The standard InChI is InChI=1S/C21H21NO4/c1-15(23)22-19-10-9-18(13-17(19)11-12-21(2,3)25)20(24)26-14-16-7-5-4-6-8-16/h4-10,13,25H,14H2,1-3H3,(H,22,23). The maximum absolute atomic E-state index is 12.3. The number of carbonyl (C=O) groups excluding carboxylic acids is 2. The van der Waals surface area contributed by atoms with Crippen LogP contribution < -0.4 is 5.32 Å². The fourth-order valence-corrected chi connectivity index (χ4v) is 2.10. The molecule has 0 atom stereocenters. The molecule has 1 amide bonds. The summed E-state index contributed by atoms with van der Waals surface area (Å²) in [4.78, 5) is 23.6. The van der Waals surface area contributed by atoms with Gasteiger partial charge in [0.15, 0.2) is 0 Å². The molecule has 0 spiro atoms. The molecule has 5 nitrogen and oxygen atoms in total. The minimum atomic E-state index is -1.20. The molecular formula is C21H21NO4. The van der Waals surface area contributed by atoms with Crippen LogP contribution in [0.5, 0.6) is 0 Å². The number of hydrogen-bond donors (Lipinski definition) is 2. The Balaban J connectivity index is 2.24. The first-order valence-electron chi connectivity index (χ1n) is 8.13. The molecular weight excluding hydrogens is 330 g/mol. The topological polar surface area (TPSA) is 75.6 Å². The van der Waals surface area contributed by atoms with Crippen molar-refractivity contribution in [3.05, 3.63) is 65.2 Å². The molecule has 0 bridgehead atoms. The minimum Gasteiger partial charge on any atom is -0.457 e. The fourth-order valence-electron chi connectivity index (χ4n) is 2.10. The highest BCUT2D eigenvalue weighted by molar-refractivity contribution is 5.94. The number of nitrogens with one attached hydrogen (secondary N) is 1. The molecule has 0 aromatic heterocycles. The Morgan fingerprint density at radius 1 is 1.15 bits per heavy atom. The van der Waals surface area contributed by atoms with Gasteiger partial charge in [-0.3, -0.25) is 4.79 Å². The summed E-state index contributed by atoms with van der Waals surface area (Å²) in [5.74, 6) is 4.74. The molecule has 2 N–H and O–H groups in total. The highest BCUT2D eigenvalue weighted by Gasteiger charge is 2.12. The molecule has 0 unspecified atom stereocenters. The second-order valence-corrected chi connectivity index (χ2v) is 6.31. The van der Waals surface area contributed by atoms with Crippen LogP contribution in [-0.4, -0.2) is 22.6 Å². The lowest BCUT2D eigenvalue weighted by molar-refractivity contribution is -0.114. The van der Waals surface area contributed by atoms with Crippen LogP contribution in [0.25, 0.3) is 0 Å². The van der Waals surface area contributed by atoms with E-state index in [0.717, 1.165) is 5.56 Å². The molecule has 2 rings (SSSR count). The van der Waals surface area contributed by atoms with Gasteiger partial charge in [-0.2, -0.15) is 0 Å². The molecule has 2 aromatic rings. The van der Waals surface area contributed by atoms with Gasteiger partial charge in [0.1, 0.15) is 12.2 Å². The highest BCUT2D eigenvalue weighted by atomic mass is 16.5. The van der Waals surface area contributed by atoms with Crippen molar-refractivity contribution in [2.75, 3.05) is 5.32 Å². The Morgan fingerprint density at radius 2 is 1.85 bits per heavy atom. The van der Waals surface area contributed by atoms with Crippen LogP contribution in [0.4, 0.5) is 5.69 Å². The summed E-state index contributed by atoms with van der Waals surface area (Å²) in [6.07, 6.45) is 0. The van der Waals surface area contributed by atoms with Crippen LogP contribution in [-0.2, 0) is 16.1 Å². The van der Waals surface area contributed by atoms with Crippen molar-refractivity contribution < 1.29 is 19.4 Å². The quantitative estimate of drug-likeness (QED) is 0.655. The van der Waals surface area contributed by atoms with Crippen molar-refractivity contribution >= 4 is 17.6 Å². The zero-order valence-electron chi connectivity index (χ0n) is 15.0. The zero-order chi connectivity index (χ0) is 19.2. The second kappa shape index (κ2) is 8.32. The molecule has 0 saturated carbocycles. The van der Waals surface area contributed by atoms with Gasteiger partial charge in [0, 0.05) is 12.5 Å². The summed E-state index contributed by atoms with van der Waals surface area (Å²) in [6.45, 7) is 4.65. The smallest absolute Gasteiger partial charge is 0.338 e. The van der Waals surface area contributed by atoms with Crippen LogP contribution in [0.3, 0.4) is 0 Å². The van der Waals surface area contributed by atoms with Crippen LogP contribution in [0.2, 0.25) is 0 Å². The highest BCUT2D eigenvalue weighted by Crippen LogP contribution is 2.18. The summed E-state index contributed by atoms with van der Waals surface area (Å²) in [5, 5.41) is 12.4. The normalized spacial score (nSPS) is 10.5. The molecule has 26 heavy (non-hydrogen) atoms. The van der Waals surface area contributed by atoms with E-state index in [1.165, 1.54) is 13.0 Å². The molecule has 2 aromatic carbocycles. The van der Waals surface area contributed by atoms with E-state index >= 15 is 0 Å². The van der Waals surface area contributed by atoms with Crippen molar-refractivity contribution in [1.82, 2.24) is 0 Å². The molecule has 0 saturated heterocycles. The summed E-state index contributed by atoms with van der Waals surface area (Å²) in [5.41, 5.74) is 0.898. The average molecular weight is 351 g/mol. The first kappa shape index (κ1) is 19.2. The molecule has 5 heteroatoms. The van der Waals surface area contributed by atoms with Gasteiger partial charge in [0.2, 0.25) is 5.91 Å². The van der Waals surface area contributed by atoms with Crippen molar-refractivity contribution in [2.24, 2.45) is 0 Å². The van der Waals surface area contributed by atoms with Gasteiger partial charge in [0.05, 0.1) is 11.3 Å². The maximum Gasteiger partial charge on any atom is 0.338 e. The zero-order valence-corrected chi connectivity index (χ0v) is 15.0. The third-order valence-electron chi connectivity index (χ3n) is 3.28. The largest absolute Gasteiger partial charge is 0.457 e. The SMILES string of the molecule is CC(=O)Nc1ccc(C(=O)OCc2ccccc2)cc1C#CC(C)(C)O. The van der Waals surface area contributed by atoms with E-state index in [1.54, 1.807) is 26.0 Å². The monoisotopic (exact) mass is 351 g/mol. The number of rotatable bonds is 4. The van der Waals surface area contributed by atoms with Gasteiger partial charge in [-0.15, -0.1) is 0 Å². The van der Waals surface area contributed by atoms with Gasteiger partial charge in [0.25, 0.3) is 0 Å². The third kappa shape index (κ3) is 6.08. The second-order valence-electron chi connectivity index (χ2n) is 6.31. The van der Waals surface area contributed by atoms with Crippen molar-refractivity contribution in [3.63, 3.8) is 0 Å². The van der Waals surface area contributed by atoms with E-state index in [-0.39, 0.29) is 12.5 Å². The Bertz CT molecular complexity index is 855. The first-order chi connectivity index (χ1) is 12.2. The number of hydrogen-bond acceptors (Lipinski definition) is 4. The Hall–Kier alpha value is -3.10. The molecule has 0 radical (unpaired) electrons. The Kier molecular flexibility index (Phi) is 6.16. The van der Waals surface area contributed by atoms with Gasteiger partial charge < -0.3 is 15.2 Å². The summed E-state index contributed by atoms with van der Waals surface area (Å²) in [6, 6.07) is 14.1. The molecule has 0 aliphatic heterocycles. The molecule has 0 heterocycles. The molecule has 0 aliphatic rings. The molecule has 0 fully saturated rings. The molecule has 134 valence electrons. The van der Waals surface area contributed by atoms with E-state index in [4.69, 9.17) is 4.74 Å². The Labute approximate surface area is 153 Å². The number of ether oxygens (including phenoxy) is 1. The number of esters is 1. The van der Waals surface area contributed by atoms with Crippen molar-refractivity contribution in [2.45, 2.75) is 33.0 Å². The van der Waals surface area contributed by atoms with Gasteiger partial charge in [-0.25, -0.2) is 4.79 Å². The van der Waals surface area contributed by atoms with Crippen LogP contribution in [0, 0.1) is 11.8 Å². The summed E-state index contributed by atoms with van der Waals surface area (Å²) in [7, 11) is 0. The van der Waals surface area contributed by atoms with Gasteiger partial charge >= 0.3 is 5.97 Å². The van der Waals surface area contributed by atoms with E-state index in [1.807, 2.05) is 30.3 Å². The predicted molar refractivity (Wildman–Crippen MR) is 99.5 cm³/mol. The first-order valence-corrected chi connectivity index (χ1v) is 8.13. The van der Waals surface area contributed by atoms with Crippen molar-refractivity contribution in [3.8, 4) is 11.8 Å². The lowest BCUT2D eigenvalue weighted by Crippen LogP contribution is -2.15. The fraction of sp³-hybridized carbons (Fsp3) is 0.238. The van der Waals surface area contributed by atoms with E-state index in [2.05, 4.69) is 17.2 Å². The number of carbonyl (C=O) groups is 2.